The fraction of sp³-hybridized carbons (Fsp3) is 0.286. The second-order valence-corrected chi connectivity index (χ2v) is 4.97. The summed E-state index contributed by atoms with van der Waals surface area (Å²) < 4.78 is 12.5. The number of ether oxygens (including phenoxy) is 2. The molecule has 5 nitrogen and oxygen atoms in total. The summed E-state index contributed by atoms with van der Waals surface area (Å²) in [5.74, 6) is 0.541. The molecule has 1 aromatic carbocycles. The van der Waals surface area contributed by atoms with Crippen LogP contribution in [-0.4, -0.2) is 36.4 Å². The Morgan fingerprint density at radius 3 is 2.90 bits per heavy atom. The number of benzene rings is 1. The van der Waals surface area contributed by atoms with Gasteiger partial charge in [-0.2, -0.15) is 5.10 Å². The van der Waals surface area contributed by atoms with E-state index in [0.717, 1.165) is 0 Å². The fourth-order valence-corrected chi connectivity index (χ4v) is 2.31. The van der Waals surface area contributed by atoms with E-state index in [0.29, 0.717) is 34.6 Å². The molecule has 0 aliphatic heterocycles. The molecule has 0 atom stereocenters. The smallest absolute Gasteiger partial charge is 0.212 e. The van der Waals surface area contributed by atoms with Crippen molar-refractivity contribution in [2.75, 3.05) is 20.8 Å². The SMILES string of the molecule is COCCn1ncc(Br)c1C(=O)c1cccc(OC)c1. The van der Waals surface area contributed by atoms with Crippen LogP contribution in [0.4, 0.5) is 0 Å². The third-order valence-corrected chi connectivity index (χ3v) is 3.43. The Morgan fingerprint density at radius 1 is 1.40 bits per heavy atom. The first kappa shape index (κ1) is 14.7. The van der Waals surface area contributed by atoms with E-state index in [-0.39, 0.29) is 5.78 Å². The molecular weight excluding hydrogens is 324 g/mol. The molecule has 0 amide bonds. The Balaban J connectivity index is 2.34. The number of nitrogens with zero attached hydrogens (tertiary/aromatic N) is 2. The largest absolute Gasteiger partial charge is 0.497 e. The van der Waals surface area contributed by atoms with E-state index in [1.54, 1.807) is 49.4 Å². The molecule has 0 spiro atoms. The van der Waals surface area contributed by atoms with Gasteiger partial charge in [0, 0.05) is 12.7 Å². The van der Waals surface area contributed by atoms with Crippen molar-refractivity contribution in [3.63, 3.8) is 0 Å². The lowest BCUT2D eigenvalue weighted by atomic mass is 10.1. The van der Waals surface area contributed by atoms with Crippen molar-refractivity contribution in [3.05, 3.63) is 46.2 Å². The minimum atomic E-state index is -0.107. The lowest BCUT2D eigenvalue weighted by Crippen LogP contribution is -2.14. The van der Waals surface area contributed by atoms with Gasteiger partial charge in [-0.05, 0) is 28.1 Å². The van der Waals surface area contributed by atoms with Gasteiger partial charge in [0.05, 0.1) is 30.9 Å². The second kappa shape index (κ2) is 6.67. The summed E-state index contributed by atoms with van der Waals surface area (Å²) in [4.78, 5) is 12.6. The van der Waals surface area contributed by atoms with Gasteiger partial charge in [-0.1, -0.05) is 12.1 Å². The molecule has 0 aliphatic rings. The Kier molecular flexibility index (Phi) is 4.92. The van der Waals surface area contributed by atoms with Crippen molar-refractivity contribution in [2.45, 2.75) is 6.54 Å². The summed E-state index contributed by atoms with van der Waals surface area (Å²) in [6.07, 6.45) is 1.61. The highest BCUT2D eigenvalue weighted by molar-refractivity contribution is 9.10. The van der Waals surface area contributed by atoms with Crippen LogP contribution in [0.3, 0.4) is 0 Å². The zero-order valence-electron chi connectivity index (χ0n) is 11.3. The van der Waals surface area contributed by atoms with Gasteiger partial charge >= 0.3 is 0 Å². The van der Waals surface area contributed by atoms with Crippen LogP contribution in [0, 0.1) is 0 Å². The summed E-state index contributed by atoms with van der Waals surface area (Å²) >= 11 is 3.37. The van der Waals surface area contributed by atoms with Gasteiger partial charge in [0.2, 0.25) is 5.78 Å². The highest BCUT2D eigenvalue weighted by atomic mass is 79.9. The highest BCUT2D eigenvalue weighted by Gasteiger charge is 2.19. The molecule has 106 valence electrons. The van der Waals surface area contributed by atoms with E-state index in [4.69, 9.17) is 9.47 Å². The van der Waals surface area contributed by atoms with Crippen LogP contribution in [0.15, 0.2) is 34.9 Å². The van der Waals surface area contributed by atoms with Crippen molar-refractivity contribution < 1.29 is 14.3 Å². The second-order valence-electron chi connectivity index (χ2n) is 4.12. The number of methoxy groups -OCH3 is 2. The molecule has 1 heterocycles. The molecule has 0 saturated heterocycles. The molecule has 1 aromatic heterocycles. The van der Waals surface area contributed by atoms with Crippen LogP contribution in [-0.2, 0) is 11.3 Å². The predicted octanol–water partition coefficient (Wildman–Crippen LogP) is 2.53. The third kappa shape index (κ3) is 3.08. The third-order valence-electron chi connectivity index (χ3n) is 2.85. The van der Waals surface area contributed by atoms with Gasteiger partial charge in [-0.3, -0.25) is 9.48 Å². The van der Waals surface area contributed by atoms with Crippen LogP contribution < -0.4 is 4.74 Å². The maximum Gasteiger partial charge on any atom is 0.212 e. The van der Waals surface area contributed by atoms with Gasteiger partial charge in [0.25, 0.3) is 0 Å². The number of aromatic nitrogens is 2. The molecule has 0 bridgehead atoms. The number of rotatable bonds is 6. The summed E-state index contributed by atoms with van der Waals surface area (Å²) in [6, 6.07) is 7.05. The minimum Gasteiger partial charge on any atom is -0.497 e. The number of carbonyl (C=O) groups is 1. The fourth-order valence-electron chi connectivity index (χ4n) is 1.84. The maximum absolute atomic E-state index is 12.6. The highest BCUT2D eigenvalue weighted by Crippen LogP contribution is 2.22. The normalized spacial score (nSPS) is 10.6. The van der Waals surface area contributed by atoms with Gasteiger partial charge < -0.3 is 9.47 Å². The van der Waals surface area contributed by atoms with Crippen LogP contribution >= 0.6 is 15.9 Å². The lowest BCUT2D eigenvalue weighted by molar-refractivity contribution is 0.102. The topological polar surface area (TPSA) is 53.4 Å². The van der Waals surface area contributed by atoms with E-state index in [9.17, 15) is 4.79 Å². The van der Waals surface area contributed by atoms with Crippen molar-refractivity contribution >= 4 is 21.7 Å². The number of halogens is 1. The van der Waals surface area contributed by atoms with E-state index >= 15 is 0 Å². The van der Waals surface area contributed by atoms with Gasteiger partial charge in [-0.25, -0.2) is 0 Å². The molecule has 2 rings (SSSR count). The summed E-state index contributed by atoms with van der Waals surface area (Å²) in [5.41, 5.74) is 1.07. The summed E-state index contributed by atoms with van der Waals surface area (Å²) in [7, 11) is 3.18. The molecule has 0 aliphatic carbocycles. The summed E-state index contributed by atoms with van der Waals surface area (Å²) in [6.45, 7) is 1.01. The monoisotopic (exact) mass is 338 g/mol. The number of ketones is 1. The minimum absolute atomic E-state index is 0.107. The molecule has 0 radical (unpaired) electrons. The first-order chi connectivity index (χ1) is 9.67. The molecule has 0 saturated carbocycles. The van der Waals surface area contributed by atoms with Gasteiger partial charge in [0.1, 0.15) is 11.4 Å². The molecule has 6 heteroatoms. The van der Waals surface area contributed by atoms with E-state index in [2.05, 4.69) is 21.0 Å². The Bertz CT molecular complexity index is 610. The van der Waals surface area contributed by atoms with E-state index < -0.39 is 0 Å². The Morgan fingerprint density at radius 2 is 2.20 bits per heavy atom. The average molecular weight is 339 g/mol. The number of carbonyl (C=O) groups excluding carboxylic acids is 1. The van der Waals surface area contributed by atoms with Crippen LogP contribution in [0.5, 0.6) is 5.75 Å². The quantitative estimate of drug-likeness (QED) is 0.759. The maximum atomic E-state index is 12.6. The predicted molar refractivity (Wildman–Crippen MR) is 78.2 cm³/mol. The molecule has 20 heavy (non-hydrogen) atoms. The molecule has 0 fully saturated rings. The molecular formula is C14H15BrN2O3. The van der Waals surface area contributed by atoms with E-state index in [1.807, 2.05) is 0 Å². The van der Waals surface area contributed by atoms with Gasteiger partial charge in [-0.15, -0.1) is 0 Å². The van der Waals surface area contributed by atoms with Crippen LogP contribution in [0.2, 0.25) is 0 Å². The lowest BCUT2D eigenvalue weighted by Gasteiger charge is -2.08. The standard InChI is InChI=1S/C14H15BrN2O3/c1-19-7-6-17-13(12(15)9-16-17)14(18)10-4-3-5-11(8-10)20-2/h3-5,8-9H,6-7H2,1-2H3. The van der Waals surface area contributed by atoms with Crippen molar-refractivity contribution in [3.8, 4) is 5.75 Å². The first-order valence-electron chi connectivity index (χ1n) is 6.06. The van der Waals surface area contributed by atoms with Crippen molar-refractivity contribution in [2.24, 2.45) is 0 Å². The Hall–Kier alpha value is -1.66. The zero-order chi connectivity index (χ0) is 14.5. The summed E-state index contributed by atoms with van der Waals surface area (Å²) in [5, 5.41) is 4.18. The van der Waals surface area contributed by atoms with Crippen LogP contribution in [0.1, 0.15) is 16.1 Å². The first-order valence-corrected chi connectivity index (χ1v) is 6.85. The number of hydrogen-bond donors (Lipinski definition) is 0. The Labute approximate surface area is 125 Å². The van der Waals surface area contributed by atoms with Crippen LogP contribution in [0.25, 0.3) is 0 Å². The molecule has 2 aromatic rings. The zero-order valence-corrected chi connectivity index (χ0v) is 12.9. The van der Waals surface area contributed by atoms with E-state index in [1.165, 1.54) is 0 Å². The van der Waals surface area contributed by atoms with Gasteiger partial charge in [0.15, 0.2) is 0 Å². The molecule has 0 unspecified atom stereocenters. The number of hydrogen-bond acceptors (Lipinski definition) is 4. The van der Waals surface area contributed by atoms with Crippen molar-refractivity contribution in [1.82, 2.24) is 9.78 Å². The average Bonchev–Trinajstić information content (AvgIpc) is 2.85. The van der Waals surface area contributed by atoms with Crippen molar-refractivity contribution in [1.29, 1.82) is 0 Å². The molecule has 0 N–H and O–H groups in total.